The van der Waals surface area contributed by atoms with E-state index in [4.69, 9.17) is 9.47 Å². The Kier molecular flexibility index (Phi) is 7.78. The predicted molar refractivity (Wildman–Crippen MR) is 141 cm³/mol. The third-order valence-electron chi connectivity index (χ3n) is 8.31. The smallest absolute Gasteiger partial charge is 0.288 e. The molecule has 1 heterocycles. The number of aliphatic hydroxyl groups is 1. The van der Waals surface area contributed by atoms with Crippen LogP contribution in [0, 0.1) is 5.92 Å². The van der Waals surface area contributed by atoms with E-state index < -0.39 is 6.29 Å². The quantitative estimate of drug-likeness (QED) is 0.435. The second kappa shape index (κ2) is 11.2. The summed E-state index contributed by atoms with van der Waals surface area (Å²) in [7, 11) is 1.92. The Hall–Kier alpha value is -2.63. The van der Waals surface area contributed by atoms with Crippen molar-refractivity contribution in [2.24, 2.45) is 5.92 Å². The second-order valence-electron chi connectivity index (χ2n) is 10.4. The van der Waals surface area contributed by atoms with E-state index >= 15 is 0 Å². The van der Waals surface area contributed by atoms with Crippen LogP contribution in [-0.4, -0.2) is 48.5 Å². The summed E-state index contributed by atoms with van der Waals surface area (Å²) in [4.78, 5) is 15.6. The van der Waals surface area contributed by atoms with Crippen LogP contribution in [0.3, 0.4) is 0 Å². The Bertz CT molecular complexity index is 1100. The third-order valence-corrected chi connectivity index (χ3v) is 8.31. The number of allylic oxidation sites excluding steroid dienone is 1. The molecule has 1 amide bonds. The van der Waals surface area contributed by atoms with Crippen LogP contribution in [0.2, 0.25) is 0 Å². The molecule has 2 aromatic carbocycles. The monoisotopic (exact) mass is 489 g/mol. The van der Waals surface area contributed by atoms with Crippen LogP contribution >= 0.6 is 0 Å². The van der Waals surface area contributed by atoms with E-state index in [1.54, 1.807) is 0 Å². The minimum atomic E-state index is -0.519. The minimum absolute atomic E-state index is 0.0175. The van der Waals surface area contributed by atoms with E-state index in [1.807, 2.05) is 18.9 Å². The molecule has 5 rings (SSSR count). The average Bonchev–Trinajstić information content (AvgIpc) is 3.31. The fourth-order valence-corrected chi connectivity index (χ4v) is 6.42. The van der Waals surface area contributed by atoms with Crippen LogP contribution in [0.4, 0.5) is 0 Å². The van der Waals surface area contributed by atoms with Gasteiger partial charge in [-0.15, -0.1) is 0 Å². The molecule has 0 spiro atoms. The molecular formula is C31H39NO4. The van der Waals surface area contributed by atoms with Crippen molar-refractivity contribution in [2.45, 2.75) is 76.5 Å². The Morgan fingerprint density at radius 1 is 1.08 bits per heavy atom. The van der Waals surface area contributed by atoms with Crippen molar-refractivity contribution in [1.29, 1.82) is 0 Å². The van der Waals surface area contributed by atoms with Crippen LogP contribution in [0.1, 0.15) is 74.5 Å². The largest absolute Gasteiger partial charge is 0.459 e. The lowest BCUT2D eigenvalue weighted by Crippen LogP contribution is -2.43. The van der Waals surface area contributed by atoms with Gasteiger partial charge < -0.3 is 19.5 Å². The lowest BCUT2D eigenvalue weighted by molar-refractivity contribution is -0.170. The van der Waals surface area contributed by atoms with Crippen molar-refractivity contribution >= 4 is 5.91 Å². The number of hydrogen-bond donors (Lipinski definition) is 1. The maximum Gasteiger partial charge on any atom is 0.288 e. The number of likely N-dealkylation sites (N-methyl/N-ethyl adjacent to an activating group) is 1. The number of benzene rings is 2. The highest BCUT2D eigenvalue weighted by molar-refractivity contribution is 5.92. The van der Waals surface area contributed by atoms with Gasteiger partial charge in [0.1, 0.15) is 0 Å². The fourth-order valence-electron chi connectivity index (χ4n) is 6.42. The van der Waals surface area contributed by atoms with Gasteiger partial charge in [-0.1, -0.05) is 61.7 Å². The molecule has 3 unspecified atom stereocenters. The molecule has 0 aromatic heterocycles. The van der Waals surface area contributed by atoms with Crippen LogP contribution in [0.15, 0.2) is 54.3 Å². The van der Waals surface area contributed by atoms with Crippen LogP contribution in [-0.2, 0) is 20.7 Å². The maximum atomic E-state index is 13.7. The first kappa shape index (κ1) is 25.0. The molecule has 0 bridgehead atoms. The van der Waals surface area contributed by atoms with Gasteiger partial charge in [0.2, 0.25) is 6.29 Å². The lowest BCUT2D eigenvalue weighted by atomic mass is 9.78. The SMILES string of the molecule is CCOC1OC(C(=O)N(C)C2CCCCC2)=CC(c2cccc3c2Cc2ccccc2-3)C1CCCO. The molecule has 2 aromatic rings. The molecule has 1 N–H and O–H groups in total. The zero-order valence-corrected chi connectivity index (χ0v) is 21.6. The van der Waals surface area contributed by atoms with Crippen LogP contribution in [0.25, 0.3) is 11.1 Å². The molecule has 2 aliphatic carbocycles. The van der Waals surface area contributed by atoms with Crippen LogP contribution < -0.4 is 0 Å². The second-order valence-corrected chi connectivity index (χ2v) is 10.4. The summed E-state index contributed by atoms with van der Waals surface area (Å²) < 4.78 is 12.4. The predicted octanol–water partition coefficient (Wildman–Crippen LogP) is 5.80. The molecule has 0 radical (unpaired) electrons. The Morgan fingerprint density at radius 2 is 1.86 bits per heavy atom. The highest BCUT2D eigenvalue weighted by Gasteiger charge is 2.40. The molecule has 192 valence electrons. The first-order valence-corrected chi connectivity index (χ1v) is 13.7. The summed E-state index contributed by atoms with van der Waals surface area (Å²) in [5.41, 5.74) is 6.50. The van der Waals surface area contributed by atoms with E-state index in [9.17, 15) is 9.90 Å². The fraction of sp³-hybridized carbons (Fsp3) is 0.516. The number of aliphatic hydroxyl groups excluding tert-OH is 1. The average molecular weight is 490 g/mol. The normalized spacial score (nSPS) is 23.4. The van der Waals surface area contributed by atoms with E-state index in [0.29, 0.717) is 18.8 Å². The topological polar surface area (TPSA) is 59.0 Å². The van der Waals surface area contributed by atoms with Gasteiger partial charge in [0.25, 0.3) is 5.91 Å². The first-order chi connectivity index (χ1) is 17.6. The van der Waals surface area contributed by atoms with Crippen molar-refractivity contribution in [2.75, 3.05) is 20.3 Å². The maximum absolute atomic E-state index is 13.7. The van der Waals surface area contributed by atoms with Crippen molar-refractivity contribution in [3.63, 3.8) is 0 Å². The van der Waals surface area contributed by atoms with Gasteiger partial charge in [-0.2, -0.15) is 0 Å². The number of amides is 1. The van der Waals surface area contributed by atoms with Gasteiger partial charge in [-0.3, -0.25) is 4.79 Å². The van der Waals surface area contributed by atoms with Crippen molar-refractivity contribution in [1.82, 2.24) is 4.90 Å². The van der Waals surface area contributed by atoms with E-state index in [1.165, 1.54) is 47.1 Å². The molecule has 1 aliphatic heterocycles. The van der Waals surface area contributed by atoms with Gasteiger partial charge in [0.15, 0.2) is 5.76 Å². The van der Waals surface area contributed by atoms with Crippen LogP contribution in [0.5, 0.6) is 0 Å². The number of nitrogens with zero attached hydrogens (tertiary/aromatic N) is 1. The van der Waals surface area contributed by atoms with Gasteiger partial charge in [-0.25, -0.2) is 0 Å². The highest BCUT2D eigenvalue weighted by atomic mass is 16.7. The first-order valence-electron chi connectivity index (χ1n) is 13.7. The summed E-state index contributed by atoms with van der Waals surface area (Å²) in [5.74, 6) is 0.349. The molecule has 3 aliphatic rings. The molecule has 1 fully saturated rings. The highest BCUT2D eigenvalue weighted by Crippen LogP contribution is 2.46. The van der Waals surface area contributed by atoms with Crippen molar-refractivity contribution in [3.8, 4) is 11.1 Å². The van der Waals surface area contributed by atoms with Gasteiger partial charge in [0.05, 0.1) is 0 Å². The Morgan fingerprint density at radius 3 is 2.64 bits per heavy atom. The van der Waals surface area contributed by atoms with E-state index in [-0.39, 0.29) is 30.4 Å². The van der Waals surface area contributed by atoms with E-state index in [2.05, 4.69) is 48.5 Å². The molecule has 1 saturated carbocycles. The van der Waals surface area contributed by atoms with Gasteiger partial charge >= 0.3 is 0 Å². The third kappa shape index (κ3) is 4.83. The zero-order chi connectivity index (χ0) is 25.1. The standard InChI is InChI=1S/C31H39NO4/c1-3-35-31-26(17-10-18-33)28(20-29(36-31)30(34)32(2)22-12-5-4-6-13-22)25-16-9-15-24-23-14-8-7-11-21(23)19-27(24)25/h7-9,11,14-16,20,22,26,28,31,33H,3-6,10,12-13,17-19H2,1-2H3. The molecular weight excluding hydrogens is 450 g/mol. The molecule has 3 atom stereocenters. The lowest BCUT2D eigenvalue weighted by Gasteiger charge is -2.39. The summed E-state index contributed by atoms with van der Waals surface area (Å²) in [6, 6.07) is 15.4. The zero-order valence-electron chi connectivity index (χ0n) is 21.6. The summed E-state index contributed by atoms with van der Waals surface area (Å²) >= 11 is 0. The molecule has 5 nitrogen and oxygen atoms in total. The molecule has 36 heavy (non-hydrogen) atoms. The Balaban J connectivity index is 1.54. The number of rotatable bonds is 8. The number of ether oxygens (including phenoxy) is 2. The molecule has 5 heteroatoms. The summed E-state index contributed by atoms with van der Waals surface area (Å²) in [6.07, 6.45) is 9.56. The van der Waals surface area contributed by atoms with Crippen molar-refractivity contribution < 1.29 is 19.4 Å². The number of fused-ring (bicyclic) bond motifs is 3. The van der Waals surface area contributed by atoms with Gasteiger partial charge in [-0.05, 0) is 72.9 Å². The van der Waals surface area contributed by atoms with E-state index in [0.717, 1.165) is 25.7 Å². The molecule has 0 saturated heterocycles. The van der Waals surface area contributed by atoms with Gasteiger partial charge in [0, 0.05) is 38.1 Å². The number of carbonyl (C=O) groups is 1. The summed E-state index contributed by atoms with van der Waals surface area (Å²) in [6.45, 7) is 2.60. The minimum Gasteiger partial charge on any atom is -0.459 e. The Labute approximate surface area is 215 Å². The number of hydrogen-bond acceptors (Lipinski definition) is 4. The number of carbonyl (C=O) groups excluding carboxylic acids is 1. The van der Waals surface area contributed by atoms with Crippen molar-refractivity contribution in [3.05, 3.63) is 71.0 Å². The summed E-state index contributed by atoms with van der Waals surface area (Å²) in [5, 5.41) is 9.64.